The van der Waals surface area contributed by atoms with E-state index in [-0.39, 0.29) is 12.5 Å². The van der Waals surface area contributed by atoms with Crippen LogP contribution in [0.2, 0.25) is 0 Å². The zero-order chi connectivity index (χ0) is 14.7. The molecule has 2 heterocycles. The molecule has 21 heavy (non-hydrogen) atoms. The van der Waals surface area contributed by atoms with E-state index < -0.39 is 0 Å². The lowest BCUT2D eigenvalue weighted by Crippen LogP contribution is -2.42. The average molecular weight is 288 g/mol. The van der Waals surface area contributed by atoms with Gasteiger partial charge in [-0.05, 0) is 61.9 Å². The van der Waals surface area contributed by atoms with E-state index in [0.717, 1.165) is 44.1 Å². The first-order valence-corrected chi connectivity index (χ1v) is 7.97. The van der Waals surface area contributed by atoms with Gasteiger partial charge in [-0.15, -0.1) is 0 Å². The van der Waals surface area contributed by atoms with Crippen LogP contribution in [0.3, 0.4) is 0 Å². The highest BCUT2D eigenvalue weighted by molar-refractivity contribution is 5.94. The fraction of sp³-hybridized carbons (Fsp3) is 0.588. The summed E-state index contributed by atoms with van der Waals surface area (Å²) >= 11 is 0. The van der Waals surface area contributed by atoms with E-state index in [1.54, 1.807) is 0 Å². The Labute approximate surface area is 126 Å². The standard InChI is InChI=1S/C17H24N2O2/c20-12-13-3-1-4-14(9-13)17(21)19-8-2-5-16(11-19)15-6-7-18-10-15/h1,3-4,9,15-16,18,20H,2,5-8,10-12H2. The summed E-state index contributed by atoms with van der Waals surface area (Å²) in [4.78, 5) is 14.7. The molecule has 2 fully saturated rings. The van der Waals surface area contributed by atoms with Crippen molar-refractivity contribution in [1.29, 1.82) is 0 Å². The van der Waals surface area contributed by atoms with Crippen molar-refractivity contribution < 1.29 is 9.90 Å². The highest BCUT2D eigenvalue weighted by atomic mass is 16.3. The molecule has 4 heteroatoms. The molecule has 2 unspecified atom stereocenters. The van der Waals surface area contributed by atoms with Crippen LogP contribution in [0.1, 0.15) is 35.2 Å². The molecule has 0 aliphatic carbocycles. The number of aliphatic hydroxyl groups excluding tert-OH is 1. The predicted octanol–water partition coefficient (Wildman–Crippen LogP) is 1.64. The molecule has 2 atom stereocenters. The van der Waals surface area contributed by atoms with Crippen LogP contribution in [0.15, 0.2) is 24.3 Å². The van der Waals surface area contributed by atoms with Gasteiger partial charge in [0.1, 0.15) is 0 Å². The van der Waals surface area contributed by atoms with Gasteiger partial charge in [-0.3, -0.25) is 4.79 Å². The van der Waals surface area contributed by atoms with Crippen molar-refractivity contribution >= 4 is 5.91 Å². The molecule has 2 aliphatic rings. The normalized spacial score (nSPS) is 26.0. The average Bonchev–Trinajstić information content (AvgIpc) is 3.09. The Morgan fingerprint density at radius 2 is 2.24 bits per heavy atom. The number of carbonyl (C=O) groups is 1. The zero-order valence-corrected chi connectivity index (χ0v) is 12.4. The Hall–Kier alpha value is -1.39. The summed E-state index contributed by atoms with van der Waals surface area (Å²) in [6.45, 7) is 3.95. The van der Waals surface area contributed by atoms with Crippen LogP contribution in [-0.4, -0.2) is 42.1 Å². The second-order valence-corrected chi connectivity index (χ2v) is 6.26. The number of likely N-dealkylation sites (tertiary alicyclic amines) is 1. The minimum absolute atomic E-state index is 0.0164. The van der Waals surface area contributed by atoms with Gasteiger partial charge >= 0.3 is 0 Å². The van der Waals surface area contributed by atoms with Crippen LogP contribution < -0.4 is 5.32 Å². The number of hydrogen-bond donors (Lipinski definition) is 2. The van der Waals surface area contributed by atoms with Gasteiger partial charge in [-0.25, -0.2) is 0 Å². The summed E-state index contributed by atoms with van der Waals surface area (Å²) in [6.07, 6.45) is 3.59. The van der Waals surface area contributed by atoms with Crippen molar-refractivity contribution in [3.63, 3.8) is 0 Å². The van der Waals surface area contributed by atoms with Gasteiger partial charge < -0.3 is 15.3 Å². The second kappa shape index (κ2) is 6.58. The maximum Gasteiger partial charge on any atom is 0.253 e. The summed E-state index contributed by atoms with van der Waals surface area (Å²) < 4.78 is 0. The highest BCUT2D eigenvalue weighted by Gasteiger charge is 2.31. The van der Waals surface area contributed by atoms with Gasteiger partial charge in [0.25, 0.3) is 5.91 Å². The fourth-order valence-corrected chi connectivity index (χ4v) is 3.64. The van der Waals surface area contributed by atoms with Crippen LogP contribution in [0, 0.1) is 11.8 Å². The van der Waals surface area contributed by atoms with Crippen molar-refractivity contribution in [3.8, 4) is 0 Å². The van der Waals surface area contributed by atoms with Gasteiger partial charge in [-0.1, -0.05) is 12.1 Å². The summed E-state index contributed by atoms with van der Waals surface area (Å²) in [5.41, 5.74) is 1.50. The SMILES string of the molecule is O=C(c1cccc(CO)c1)N1CCCC(C2CCNC2)C1. The first-order valence-electron chi connectivity index (χ1n) is 7.97. The number of rotatable bonds is 3. The monoisotopic (exact) mass is 288 g/mol. The number of benzene rings is 1. The van der Waals surface area contributed by atoms with E-state index in [9.17, 15) is 9.90 Å². The number of aliphatic hydroxyl groups is 1. The number of piperidine rings is 1. The van der Waals surface area contributed by atoms with Crippen LogP contribution >= 0.6 is 0 Å². The summed E-state index contributed by atoms with van der Waals surface area (Å²) in [5.74, 6) is 1.48. The number of hydrogen-bond acceptors (Lipinski definition) is 3. The number of amides is 1. The van der Waals surface area contributed by atoms with Gasteiger partial charge in [-0.2, -0.15) is 0 Å². The highest BCUT2D eigenvalue weighted by Crippen LogP contribution is 2.28. The Bertz CT molecular complexity index is 497. The lowest BCUT2D eigenvalue weighted by molar-refractivity contribution is 0.0634. The van der Waals surface area contributed by atoms with Crippen LogP contribution in [0.25, 0.3) is 0 Å². The fourth-order valence-electron chi connectivity index (χ4n) is 3.64. The van der Waals surface area contributed by atoms with Crippen LogP contribution in [0.4, 0.5) is 0 Å². The molecule has 1 amide bonds. The molecule has 0 saturated carbocycles. The number of nitrogens with zero attached hydrogens (tertiary/aromatic N) is 1. The molecular weight excluding hydrogens is 264 g/mol. The Morgan fingerprint density at radius 1 is 1.33 bits per heavy atom. The molecule has 0 spiro atoms. The first-order chi connectivity index (χ1) is 10.3. The van der Waals surface area contributed by atoms with Gasteiger partial charge in [0.2, 0.25) is 0 Å². The first kappa shape index (κ1) is 14.5. The third-order valence-electron chi connectivity index (χ3n) is 4.87. The minimum atomic E-state index is -0.0164. The summed E-state index contributed by atoms with van der Waals surface area (Å²) in [5, 5.41) is 12.6. The van der Waals surface area contributed by atoms with E-state index in [0.29, 0.717) is 11.5 Å². The van der Waals surface area contributed by atoms with Gasteiger partial charge in [0.05, 0.1) is 6.61 Å². The lowest BCUT2D eigenvalue weighted by Gasteiger charge is -2.35. The van der Waals surface area contributed by atoms with Gasteiger partial charge in [0.15, 0.2) is 0 Å². The molecular formula is C17H24N2O2. The van der Waals surface area contributed by atoms with Crippen molar-refractivity contribution in [1.82, 2.24) is 10.2 Å². The van der Waals surface area contributed by atoms with E-state index in [1.165, 1.54) is 12.8 Å². The second-order valence-electron chi connectivity index (χ2n) is 6.26. The van der Waals surface area contributed by atoms with Crippen molar-refractivity contribution in [3.05, 3.63) is 35.4 Å². The molecule has 1 aromatic rings. The van der Waals surface area contributed by atoms with Crippen molar-refractivity contribution in [2.24, 2.45) is 11.8 Å². The van der Waals surface area contributed by atoms with E-state index in [4.69, 9.17) is 0 Å². The van der Waals surface area contributed by atoms with E-state index in [1.807, 2.05) is 29.2 Å². The molecule has 3 rings (SSSR count). The zero-order valence-electron chi connectivity index (χ0n) is 12.4. The summed E-state index contributed by atoms with van der Waals surface area (Å²) in [6, 6.07) is 7.35. The van der Waals surface area contributed by atoms with E-state index in [2.05, 4.69) is 5.32 Å². The van der Waals surface area contributed by atoms with Crippen molar-refractivity contribution in [2.45, 2.75) is 25.9 Å². The topological polar surface area (TPSA) is 52.6 Å². The van der Waals surface area contributed by atoms with Gasteiger partial charge in [0, 0.05) is 18.7 Å². The Balaban J connectivity index is 1.68. The third kappa shape index (κ3) is 3.27. The van der Waals surface area contributed by atoms with Crippen LogP contribution in [0.5, 0.6) is 0 Å². The number of nitrogens with one attached hydrogen (secondary N) is 1. The minimum Gasteiger partial charge on any atom is -0.392 e. The summed E-state index contributed by atoms with van der Waals surface area (Å²) in [7, 11) is 0. The Morgan fingerprint density at radius 3 is 3.00 bits per heavy atom. The molecule has 0 aromatic heterocycles. The van der Waals surface area contributed by atoms with E-state index >= 15 is 0 Å². The molecule has 4 nitrogen and oxygen atoms in total. The lowest BCUT2D eigenvalue weighted by atomic mass is 9.84. The molecule has 1 aromatic carbocycles. The third-order valence-corrected chi connectivity index (χ3v) is 4.87. The molecule has 114 valence electrons. The molecule has 2 saturated heterocycles. The quantitative estimate of drug-likeness (QED) is 0.889. The van der Waals surface area contributed by atoms with Crippen LogP contribution in [-0.2, 0) is 6.61 Å². The maximum absolute atomic E-state index is 12.7. The maximum atomic E-state index is 12.7. The Kier molecular flexibility index (Phi) is 4.56. The molecule has 2 N–H and O–H groups in total. The molecule has 0 radical (unpaired) electrons. The smallest absolute Gasteiger partial charge is 0.253 e. The predicted molar refractivity (Wildman–Crippen MR) is 82.0 cm³/mol. The molecule has 0 bridgehead atoms. The molecule has 2 aliphatic heterocycles. The van der Waals surface area contributed by atoms with Crippen molar-refractivity contribution in [2.75, 3.05) is 26.2 Å². The largest absolute Gasteiger partial charge is 0.392 e. The number of carbonyl (C=O) groups excluding carboxylic acids is 1.